The van der Waals surface area contributed by atoms with E-state index in [0.29, 0.717) is 5.82 Å². The number of anilines is 1. The molecule has 5 aromatic heterocycles. The van der Waals surface area contributed by atoms with E-state index in [9.17, 15) is 0 Å². The monoisotopic (exact) mass is 500 g/mol. The lowest BCUT2D eigenvalue weighted by atomic mass is 9.80. The van der Waals surface area contributed by atoms with E-state index in [1.807, 2.05) is 42.9 Å². The van der Waals surface area contributed by atoms with Gasteiger partial charge in [-0.3, -0.25) is 9.97 Å². The number of aromatic amines is 1. The molecule has 1 saturated heterocycles. The Morgan fingerprint density at radius 1 is 1.03 bits per heavy atom. The second-order valence-electron chi connectivity index (χ2n) is 10.7. The second kappa shape index (κ2) is 8.85. The van der Waals surface area contributed by atoms with E-state index in [-0.39, 0.29) is 11.5 Å². The van der Waals surface area contributed by atoms with Crippen LogP contribution in [0, 0.1) is 5.41 Å². The van der Waals surface area contributed by atoms with Crippen LogP contribution in [0.3, 0.4) is 0 Å². The first kappa shape index (κ1) is 22.7. The summed E-state index contributed by atoms with van der Waals surface area (Å²) in [5.74, 6) is 1.49. The average molecular weight is 501 g/mol. The van der Waals surface area contributed by atoms with Gasteiger partial charge in [0.15, 0.2) is 5.82 Å². The minimum absolute atomic E-state index is 0.0711. The molecule has 7 rings (SSSR count). The lowest BCUT2D eigenvalue weighted by Gasteiger charge is -2.40. The predicted octanol–water partition coefficient (Wildman–Crippen LogP) is 5.38. The Morgan fingerprint density at radius 3 is 2.74 bits per heavy atom. The summed E-state index contributed by atoms with van der Waals surface area (Å²) in [4.78, 5) is 27.1. The fourth-order valence-corrected chi connectivity index (χ4v) is 5.40. The summed E-state index contributed by atoms with van der Waals surface area (Å²) in [7, 11) is 0. The molecule has 8 nitrogen and oxygen atoms in total. The van der Waals surface area contributed by atoms with Crippen molar-refractivity contribution in [2.24, 2.45) is 5.41 Å². The van der Waals surface area contributed by atoms with Crippen LogP contribution in [0.15, 0.2) is 73.5 Å². The molecule has 1 aliphatic heterocycles. The van der Waals surface area contributed by atoms with Crippen molar-refractivity contribution in [3.05, 3.63) is 79.0 Å². The predicted molar refractivity (Wildman–Crippen MR) is 151 cm³/mol. The molecule has 0 unspecified atom stereocenters. The number of piperidine rings is 1. The fraction of sp³-hybridized carbons (Fsp3) is 0.233. The van der Waals surface area contributed by atoms with Crippen molar-refractivity contribution < 1.29 is 0 Å². The third-order valence-corrected chi connectivity index (χ3v) is 7.66. The Balaban J connectivity index is 1.41. The molecule has 8 heteroatoms. The summed E-state index contributed by atoms with van der Waals surface area (Å²) in [5.41, 5.74) is 6.74. The maximum absolute atomic E-state index is 5.19. The third kappa shape index (κ3) is 3.85. The third-order valence-electron chi connectivity index (χ3n) is 7.66. The molecular formula is C30H28N8. The standard InChI is InChI=1S/C30H28N8/c1-30(2)17-32-11-9-25(30)37-29-26-22(18-5-3-6-18)15-33-16-24(26)36-28(38-29)20-8-12-34-27-21(20)13-23(35-27)19-7-4-10-31-14-19/h3-8,10,12-16,25,32H,9,11,17H2,1-2H3,(H,34,35)(H,36,37,38)/t25-/m0/s1. The van der Waals surface area contributed by atoms with Crippen LogP contribution in [0.25, 0.3) is 50.2 Å². The molecule has 6 heterocycles. The van der Waals surface area contributed by atoms with Gasteiger partial charge in [0.1, 0.15) is 11.5 Å². The molecule has 2 aliphatic rings. The lowest BCUT2D eigenvalue weighted by molar-refractivity contribution is 0.236. The van der Waals surface area contributed by atoms with Crippen LogP contribution in [-0.4, -0.2) is 49.0 Å². The maximum Gasteiger partial charge on any atom is 0.163 e. The van der Waals surface area contributed by atoms with E-state index >= 15 is 0 Å². The molecule has 1 fully saturated rings. The summed E-state index contributed by atoms with van der Waals surface area (Å²) in [6.07, 6.45) is 16.4. The molecule has 1 atom stereocenters. The number of H-pyrrole nitrogens is 1. The quantitative estimate of drug-likeness (QED) is 0.297. The number of aromatic nitrogens is 6. The summed E-state index contributed by atoms with van der Waals surface area (Å²) >= 11 is 0. The van der Waals surface area contributed by atoms with E-state index in [4.69, 9.17) is 9.97 Å². The number of hydrogen-bond donors (Lipinski definition) is 3. The van der Waals surface area contributed by atoms with Gasteiger partial charge in [0.25, 0.3) is 0 Å². The number of rotatable bonds is 5. The van der Waals surface area contributed by atoms with Crippen molar-refractivity contribution >= 4 is 33.3 Å². The van der Waals surface area contributed by atoms with Crippen molar-refractivity contribution in [1.82, 2.24) is 35.2 Å². The smallest absolute Gasteiger partial charge is 0.163 e. The molecule has 0 radical (unpaired) electrons. The van der Waals surface area contributed by atoms with Gasteiger partial charge in [-0.15, -0.1) is 0 Å². The first-order valence-corrected chi connectivity index (χ1v) is 13.0. The van der Waals surface area contributed by atoms with Gasteiger partial charge in [-0.05, 0) is 48.2 Å². The van der Waals surface area contributed by atoms with Crippen molar-refractivity contribution in [2.45, 2.75) is 26.3 Å². The Kier molecular flexibility index (Phi) is 5.30. The Labute approximate surface area is 220 Å². The minimum atomic E-state index is 0.0711. The summed E-state index contributed by atoms with van der Waals surface area (Å²) in [6, 6.07) is 8.31. The van der Waals surface area contributed by atoms with Crippen molar-refractivity contribution in [3.63, 3.8) is 0 Å². The number of fused-ring (bicyclic) bond motifs is 2. The van der Waals surface area contributed by atoms with Crippen LogP contribution in [0.4, 0.5) is 5.82 Å². The number of pyridine rings is 3. The highest BCUT2D eigenvalue weighted by molar-refractivity contribution is 6.03. The van der Waals surface area contributed by atoms with Crippen molar-refractivity contribution in [2.75, 3.05) is 18.4 Å². The van der Waals surface area contributed by atoms with Gasteiger partial charge in [0.05, 0.1) is 17.1 Å². The molecule has 0 aromatic carbocycles. The van der Waals surface area contributed by atoms with Gasteiger partial charge >= 0.3 is 0 Å². The lowest BCUT2D eigenvalue weighted by Crippen LogP contribution is -2.49. The molecule has 0 saturated carbocycles. The zero-order valence-electron chi connectivity index (χ0n) is 21.4. The number of nitrogens with zero attached hydrogens (tertiary/aromatic N) is 5. The number of nitrogens with one attached hydrogen (secondary N) is 3. The van der Waals surface area contributed by atoms with Crippen LogP contribution < -0.4 is 10.6 Å². The zero-order valence-corrected chi connectivity index (χ0v) is 21.4. The number of allylic oxidation sites excluding steroid dienone is 4. The van der Waals surface area contributed by atoms with Gasteiger partial charge in [0, 0.05) is 65.1 Å². The van der Waals surface area contributed by atoms with Gasteiger partial charge in [-0.2, -0.15) is 0 Å². The van der Waals surface area contributed by atoms with Crippen LogP contribution in [-0.2, 0) is 0 Å². The van der Waals surface area contributed by atoms with Crippen LogP contribution in [0.1, 0.15) is 25.8 Å². The molecular weight excluding hydrogens is 472 g/mol. The normalized spacial score (nSPS) is 18.4. The van der Waals surface area contributed by atoms with Gasteiger partial charge in [0.2, 0.25) is 0 Å². The van der Waals surface area contributed by atoms with Crippen LogP contribution >= 0.6 is 0 Å². The maximum atomic E-state index is 5.19. The first-order chi connectivity index (χ1) is 18.6. The molecule has 0 amide bonds. The number of hydrogen-bond acceptors (Lipinski definition) is 7. The Hall–Kier alpha value is -4.43. The fourth-order valence-electron chi connectivity index (χ4n) is 5.40. The van der Waals surface area contributed by atoms with E-state index in [1.165, 1.54) is 0 Å². The van der Waals surface area contributed by atoms with Gasteiger partial charge in [-0.25, -0.2) is 15.0 Å². The van der Waals surface area contributed by atoms with E-state index in [1.54, 1.807) is 12.4 Å². The van der Waals surface area contributed by atoms with Crippen LogP contribution in [0.2, 0.25) is 0 Å². The zero-order chi connectivity index (χ0) is 25.7. The van der Waals surface area contributed by atoms with Crippen molar-refractivity contribution in [1.29, 1.82) is 0 Å². The Bertz CT molecular complexity index is 1730. The molecule has 38 heavy (non-hydrogen) atoms. The molecule has 188 valence electrons. The molecule has 3 N–H and O–H groups in total. The SMILES string of the molecule is CC1(C)CNCC[C@@H]1Nc1nc(-c2ccnc3[nH]c(-c4cccnc4)cc23)nc2cncc(C3=CC=C3)c12. The topological polar surface area (TPSA) is 104 Å². The molecule has 0 spiro atoms. The summed E-state index contributed by atoms with van der Waals surface area (Å²) < 4.78 is 0. The summed E-state index contributed by atoms with van der Waals surface area (Å²) in [6.45, 7) is 6.53. The second-order valence-corrected chi connectivity index (χ2v) is 10.7. The van der Waals surface area contributed by atoms with E-state index < -0.39 is 0 Å². The highest BCUT2D eigenvalue weighted by Crippen LogP contribution is 2.37. The summed E-state index contributed by atoms with van der Waals surface area (Å²) in [5, 5.41) is 9.35. The Morgan fingerprint density at radius 2 is 1.95 bits per heavy atom. The molecule has 1 aliphatic carbocycles. The highest BCUT2D eigenvalue weighted by atomic mass is 15.1. The molecule has 5 aromatic rings. The minimum Gasteiger partial charge on any atom is -0.366 e. The van der Waals surface area contributed by atoms with Crippen molar-refractivity contribution in [3.8, 4) is 22.6 Å². The highest BCUT2D eigenvalue weighted by Gasteiger charge is 2.33. The van der Waals surface area contributed by atoms with Gasteiger partial charge < -0.3 is 15.6 Å². The average Bonchev–Trinajstić information content (AvgIpc) is 3.34. The largest absolute Gasteiger partial charge is 0.366 e. The first-order valence-electron chi connectivity index (χ1n) is 13.0. The molecule has 0 bridgehead atoms. The van der Waals surface area contributed by atoms with Crippen LogP contribution in [0.5, 0.6) is 0 Å². The van der Waals surface area contributed by atoms with E-state index in [2.05, 4.69) is 62.6 Å². The van der Waals surface area contributed by atoms with E-state index in [0.717, 1.165) is 75.2 Å². The van der Waals surface area contributed by atoms with Gasteiger partial charge in [-0.1, -0.05) is 32.1 Å².